The summed E-state index contributed by atoms with van der Waals surface area (Å²) in [6.07, 6.45) is 0. The van der Waals surface area contributed by atoms with E-state index in [0.717, 1.165) is 11.1 Å². The molecule has 0 saturated carbocycles. The molecule has 0 aromatic heterocycles. The highest BCUT2D eigenvalue weighted by atomic mass is 16.2. The topological polar surface area (TPSA) is 127 Å². The Balaban J connectivity index is 1.91. The molecule has 0 atom stereocenters. The Bertz CT molecular complexity index is 774. The van der Waals surface area contributed by atoms with Crippen LogP contribution in [0, 0.1) is 0 Å². The highest BCUT2D eigenvalue weighted by Gasteiger charge is 2.18. The smallest absolute Gasteiger partial charge is 0.316 e. The molecule has 0 saturated heterocycles. The van der Waals surface area contributed by atoms with E-state index in [4.69, 9.17) is 11.5 Å². The molecule has 6 N–H and O–H groups in total. The highest BCUT2D eigenvalue weighted by molar-refractivity contribution is 6.38. The number of carbonyl (C=O) groups excluding carboxylic acids is 3. The molecular formula is C17H18N4O3. The zero-order chi connectivity index (χ0) is 17.5. The zero-order valence-electron chi connectivity index (χ0n) is 12.9. The lowest BCUT2D eigenvalue weighted by Crippen LogP contribution is -2.42. The lowest BCUT2D eigenvalue weighted by Gasteiger charge is -2.08. The van der Waals surface area contributed by atoms with Gasteiger partial charge in [-0.2, -0.15) is 0 Å². The van der Waals surface area contributed by atoms with Crippen molar-refractivity contribution >= 4 is 23.4 Å². The number of nitrogens with two attached hydrogens (primary N) is 2. The Hall–Kier alpha value is -3.19. The van der Waals surface area contributed by atoms with E-state index >= 15 is 0 Å². The van der Waals surface area contributed by atoms with Crippen molar-refractivity contribution in [3.8, 4) is 0 Å². The Labute approximate surface area is 139 Å². The van der Waals surface area contributed by atoms with Crippen molar-refractivity contribution in [2.45, 2.75) is 13.1 Å². The maximum atomic E-state index is 11.9. The summed E-state index contributed by atoms with van der Waals surface area (Å²) in [4.78, 5) is 35.5. The first-order valence-corrected chi connectivity index (χ1v) is 7.27. The van der Waals surface area contributed by atoms with E-state index in [1.54, 1.807) is 18.2 Å². The first-order valence-electron chi connectivity index (χ1n) is 7.27. The standard InChI is InChI=1S/C17H18N4O3/c18-9-11-4-3-5-12(8-11)10-20-16(23)17(24)21-15(22)13-6-1-2-7-14(13)19/h1-8H,9-10,18-19H2,(H,20,23)(H,21,22,24). The fraction of sp³-hybridized carbons (Fsp3) is 0.118. The average molecular weight is 326 g/mol. The van der Waals surface area contributed by atoms with Gasteiger partial charge in [0.2, 0.25) is 0 Å². The molecule has 0 aliphatic carbocycles. The molecular weight excluding hydrogens is 308 g/mol. The summed E-state index contributed by atoms with van der Waals surface area (Å²) in [7, 11) is 0. The minimum Gasteiger partial charge on any atom is -0.398 e. The molecule has 0 aliphatic heterocycles. The summed E-state index contributed by atoms with van der Waals surface area (Å²) in [5.41, 5.74) is 13.3. The van der Waals surface area contributed by atoms with Gasteiger partial charge in [0.1, 0.15) is 0 Å². The number of nitrogen functional groups attached to an aromatic ring is 1. The van der Waals surface area contributed by atoms with Crippen LogP contribution in [0.4, 0.5) is 5.69 Å². The van der Waals surface area contributed by atoms with Crippen LogP contribution in [0.1, 0.15) is 21.5 Å². The number of amides is 3. The lowest BCUT2D eigenvalue weighted by molar-refractivity contribution is -0.138. The third kappa shape index (κ3) is 4.40. The summed E-state index contributed by atoms with van der Waals surface area (Å²) in [6.45, 7) is 0.539. The van der Waals surface area contributed by atoms with Gasteiger partial charge in [-0.15, -0.1) is 0 Å². The number of anilines is 1. The summed E-state index contributed by atoms with van der Waals surface area (Å²) in [6, 6.07) is 13.6. The fourth-order valence-corrected chi connectivity index (χ4v) is 2.06. The molecule has 0 bridgehead atoms. The predicted octanol–water partition coefficient (Wildman–Crippen LogP) is 0.300. The SMILES string of the molecule is NCc1cccc(CNC(=O)C(=O)NC(=O)c2ccccc2N)c1. The molecule has 0 unspecified atom stereocenters. The van der Waals surface area contributed by atoms with Crippen LogP contribution in [0.5, 0.6) is 0 Å². The number of nitrogens with one attached hydrogen (secondary N) is 2. The maximum Gasteiger partial charge on any atom is 0.316 e. The van der Waals surface area contributed by atoms with Gasteiger partial charge in [-0.1, -0.05) is 36.4 Å². The molecule has 24 heavy (non-hydrogen) atoms. The molecule has 0 fully saturated rings. The van der Waals surface area contributed by atoms with Crippen LogP contribution >= 0.6 is 0 Å². The Morgan fingerprint density at radius 1 is 0.917 bits per heavy atom. The molecule has 0 aliphatic rings. The molecule has 2 aromatic rings. The highest BCUT2D eigenvalue weighted by Crippen LogP contribution is 2.09. The summed E-state index contributed by atoms with van der Waals surface area (Å²) in [5, 5.41) is 4.45. The van der Waals surface area contributed by atoms with Gasteiger partial charge >= 0.3 is 11.8 Å². The third-order valence-electron chi connectivity index (χ3n) is 3.32. The molecule has 0 radical (unpaired) electrons. The van der Waals surface area contributed by atoms with E-state index in [1.807, 2.05) is 23.5 Å². The second kappa shape index (κ2) is 7.89. The fourth-order valence-electron chi connectivity index (χ4n) is 2.06. The second-order valence-electron chi connectivity index (χ2n) is 5.08. The number of imide groups is 1. The molecule has 3 amide bonds. The van der Waals surface area contributed by atoms with Gasteiger partial charge in [-0.3, -0.25) is 19.7 Å². The summed E-state index contributed by atoms with van der Waals surface area (Å²) < 4.78 is 0. The number of hydrogen-bond acceptors (Lipinski definition) is 5. The van der Waals surface area contributed by atoms with Crippen LogP contribution in [-0.4, -0.2) is 17.7 Å². The number of benzene rings is 2. The normalized spacial score (nSPS) is 10.0. The van der Waals surface area contributed by atoms with Crippen LogP contribution in [0.3, 0.4) is 0 Å². The van der Waals surface area contributed by atoms with Crippen molar-refractivity contribution in [2.24, 2.45) is 5.73 Å². The van der Waals surface area contributed by atoms with Gasteiger partial charge in [0.15, 0.2) is 0 Å². The second-order valence-corrected chi connectivity index (χ2v) is 5.08. The summed E-state index contributed by atoms with van der Waals surface area (Å²) in [5.74, 6) is -2.67. The predicted molar refractivity (Wildman–Crippen MR) is 89.5 cm³/mol. The number of rotatable bonds is 4. The zero-order valence-corrected chi connectivity index (χ0v) is 12.9. The van der Waals surface area contributed by atoms with Crippen molar-refractivity contribution in [1.29, 1.82) is 0 Å². The van der Waals surface area contributed by atoms with Crippen molar-refractivity contribution in [3.05, 3.63) is 65.2 Å². The average Bonchev–Trinajstić information content (AvgIpc) is 2.60. The lowest BCUT2D eigenvalue weighted by atomic mass is 10.1. The number of hydrogen-bond donors (Lipinski definition) is 4. The van der Waals surface area contributed by atoms with Crippen LogP contribution in [0.15, 0.2) is 48.5 Å². The van der Waals surface area contributed by atoms with Gasteiger partial charge in [-0.25, -0.2) is 0 Å². The number of para-hydroxylation sites is 1. The first kappa shape index (κ1) is 17.2. The molecule has 0 spiro atoms. The van der Waals surface area contributed by atoms with Gasteiger partial charge in [0.05, 0.1) is 5.56 Å². The quantitative estimate of drug-likeness (QED) is 0.475. The molecule has 2 aromatic carbocycles. The Morgan fingerprint density at radius 2 is 1.62 bits per heavy atom. The van der Waals surface area contributed by atoms with Gasteiger partial charge < -0.3 is 16.8 Å². The van der Waals surface area contributed by atoms with E-state index in [2.05, 4.69) is 5.32 Å². The molecule has 2 rings (SSSR count). The molecule has 7 nitrogen and oxygen atoms in total. The van der Waals surface area contributed by atoms with Crippen LogP contribution < -0.4 is 22.1 Å². The van der Waals surface area contributed by atoms with E-state index in [0.29, 0.717) is 6.54 Å². The van der Waals surface area contributed by atoms with E-state index in [9.17, 15) is 14.4 Å². The van der Waals surface area contributed by atoms with Crippen molar-refractivity contribution in [2.75, 3.05) is 5.73 Å². The van der Waals surface area contributed by atoms with Crippen LogP contribution in [0.25, 0.3) is 0 Å². The Kier molecular flexibility index (Phi) is 5.64. The van der Waals surface area contributed by atoms with Gasteiger partial charge in [0.25, 0.3) is 5.91 Å². The van der Waals surface area contributed by atoms with E-state index in [-0.39, 0.29) is 17.8 Å². The van der Waals surface area contributed by atoms with Crippen molar-refractivity contribution in [1.82, 2.24) is 10.6 Å². The maximum absolute atomic E-state index is 11.9. The molecule has 124 valence electrons. The van der Waals surface area contributed by atoms with E-state index in [1.165, 1.54) is 12.1 Å². The van der Waals surface area contributed by atoms with E-state index < -0.39 is 17.7 Å². The van der Waals surface area contributed by atoms with Crippen LogP contribution in [0.2, 0.25) is 0 Å². The van der Waals surface area contributed by atoms with Crippen molar-refractivity contribution in [3.63, 3.8) is 0 Å². The molecule has 7 heteroatoms. The van der Waals surface area contributed by atoms with Gasteiger partial charge in [-0.05, 0) is 23.3 Å². The monoisotopic (exact) mass is 326 g/mol. The third-order valence-corrected chi connectivity index (χ3v) is 3.32. The largest absolute Gasteiger partial charge is 0.398 e. The number of carbonyl (C=O) groups is 3. The van der Waals surface area contributed by atoms with Crippen LogP contribution in [-0.2, 0) is 22.7 Å². The van der Waals surface area contributed by atoms with Crippen molar-refractivity contribution < 1.29 is 14.4 Å². The summed E-state index contributed by atoms with van der Waals surface area (Å²) >= 11 is 0. The molecule has 0 heterocycles. The minimum atomic E-state index is -1.04. The first-order chi connectivity index (χ1) is 11.5. The minimum absolute atomic E-state index is 0.134. The van der Waals surface area contributed by atoms with Gasteiger partial charge in [0, 0.05) is 18.8 Å². The Morgan fingerprint density at radius 3 is 2.33 bits per heavy atom.